The van der Waals surface area contributed by atoms with Gasteiger partial charge in [-0.15, -0.1) is 15.3 Å². The second-order valence-corrected chi connectivity index (χ2v) is 5.00. The number of hydrogen-bond donors (Lipinski definition) is 1. The first-order chi connectivity index (χ1) is 9.90. The van der Waals surface area contributed by atoms with Gasteiger partial charge in [0, 0.05) is 12.2 Å². The molecule has 20 heavy (non-hydrogen) atoms. The van der Waals surface area contributed by atoms with Crippen LogP contribution in [0.2, 0.25) is 0 Å². The molecule has 0 bridgehead atoms. The van der Waals surface area contributed by atoms with Crippen LogP contribution < -0.4 is 5.32 Å². The lowest BCUT2D eigenvalue weighted by molar-refractivity contribution is 0.444. The van der Waals surface area contributed by atoms with Gasteiger partial charge in [-0.3, -0.25) is 4.98 Å². The highest BCUT2D eigenvalue weighted by Crippen LogP contribution is 2.23. The monoisotopic (exact) mass is 266 g/mol. The number of nitrogens with one attached hydrogen (secondary N) is 1. The van der Waals surface area contributed by atoms with E-state index >= 15 is 0 Å². The highest BCUT2D eigenvalue weighted by atomic mass is 15.4. The van der Waals surface area contributed by atoms with Crippen molar-refractivity contribution >= 4 is 11.5 Å². The van der Waals surface area contributed by atoms with Crippen molar-refractivity contribution in [2.75, 3.05) is 5.32 Å². The summed E-state index contributed by atoms with van der Waals surface area (Å²) in [4.78, 5) is 4.31. The van der Waals surface area contributed by atoms with Gasteiger partial charge in [0.15, 0.2) is 5.65 Å². The van der Waals surface area contributed by atoms with Crippen LogP contribution in [0.1, 0.15) is 19.3 Å². The van der Waals surface area contributed by atoms with Gasteiger partial charge in [0.2, 0.25) is 5.82 Å². The summed E-state index contributed by atoms with van der Waals surface area (Å²) in [5.74, 6) is 1.53. The van der Waals surface area contributed by atoms with Crippen LogP contribution in [0.25, 0.3) is 17.2 Å². The molecule has 0 unspecified atom stereocenters. The van der Waals surface area contributed by atoms with Crippen LogP contribution in [-0.2, 0) is 0 Å². The van der Waals surface area contributed by atoms with Crippen LogP contribution in [0.15, 0.2) is 36.5 Å². The summed E-state index contributed by atoms with van der Waals surface area (Å²) in [6.07, 6.45) is 5.47. The van der Waals surface area contributed by atoms with Crippen LogP contribution >= 0.6 is 0 Å². The average Bonchev–Trinajstić information content (AvgIpc) is 2.87. The summed E-state index contributed by atoms with van der Waals surface area (Å²) >= 11 is 0. The molecule has 0 atom stereocenters. The van der Waals surface area contributed by atoms with Crippen molar-refractivity contribution in [2.24, 2.45) is 0 Å². The molecule has 1 fully saturated rings. The van der Waals surface area contributed by atoms with E-state index in [9.17, 15) is 0 Å². The topological polar surface area (TPSA) is 68.0 Å². The Labute approximate surface area is 115 Å². The zero-order valence-corrected chi connectivity index (χ0v) is 10.9. The minimum Gasteiger partial charge on any atom is -0.366 e. The number of aromatic nitrogens is 5. The molecule has 0 aliphatic heterocycles. The lowest BCUT2D eigenvalue weighted by atomic mass is 9.93. The molecule has 3 aromatic heterocycles. The normalized spacial score (nSPS) is 15.2. The first kappa shape index (κ1) is 11.3. The number of hydrogen-bond acceptors (Lipinski definition) is 5. The number of pyridine rings is 1. The van der Waals surface area contributed by atoms with Gasteiger partial charge in [0.1, 0.15) is 11.5 Å². The van der Waals surface area contributed by atoms with Gasteiger partial charge in [-0.2, -0.15) is 4.52 Å². The molecular weight excluding hydrogens is 252 g/mol. The molecule has 1 aliphatic rings. The van der Waals surface area contributed by atoms with Crippen LogP contribution in [-0.4, -0.2) is 30.8 Å². The Kier molecular flexibility index (Phi) is 2.58. The minimum atomic E-state index is 0.551. The van der Waals surface area contributed by atoms with Gasteiger partial charge in [-0.1, -0.05) is 6.07 Å². The quantitative estimate of drug-likeness (QED) is 0.786. The molecular formula is C14H14N6. The Bertz CT molecular complexity index is 732. The number of nitrogens with zero attached hydrogens (tertiary/aromatic N) is 5. The van der Waals surface area contributed by atoms with Crippen LogP contribution in [0.5, 0.6) is 0 Å². The van der Waals surface area contributed by atoms with E-state index in [0.29, 0.717) is 11.9 Å². The van der Waals surface area contributed by atoms with Gasteiger partial charge in [-0.25, -0.2) is 0 Å². The SMILES string of the molecule is c1ccc(-c2nnc3ccc(NC4CCC4)nn23)nc1. The maximum Gasteiger partial charge on any atom is 0.203 e. The van der Waals surface area contributed by atoms with Crippen LogP contribution in [0.4, 0.5) is 5.82 Å². The summed E-state index contributed by atoms with van der Waals surface area (Å²) < 4.78 is 1.74. The molecule has 100 valence electrons. The van der Waals surface area contributed by atoms with Crippen LogP contribution in [0, 0.1) is 0 Å². The summed E-state index contributed by atoms with van der Waals surface area (Å²) in [6.45, 7) is 0. The smallest absolute Gasteiger partial charge is 0.203 e. The lowest BCUT2D eigenvalue weighted by Crippen LogP contribution is -2.27. The van der Waals surface area contributed by atoms with E-state index < -0.39 is 0 Å². The van der Waals surface area contributed by atoms with Crippen molar-refractivity contribution in [3.05, 3.63) is 36.5 Å². The van der Waals surface area contributed by atoms with Crippen molar-refractivity contribution in [1.29, 1.82) is 0 Å². The van der Waals surface area contributed by atoms with Gasteiger partial charge >= 0.3 is 0 Å². The van der Waals surface area contributed by atoms with Crippen LogP contribution in [0.3, 0.4) is 0 Å². The maximum absolute atomic E-state index is 4.57. The van der Waals surface area contributed by atoms with E-state index in [4.69, 9.17) is 0 Å². The lowest BCUT2D eigenvalue weighted by Gasteiger charge is -2.26. The molecule has 1 N–H and O–H groups in total. The highest BCUT2D eigenvalue weighted by molar-refractivity contribution is 5.55. The fourth-order valence-electron chi connectivity index (χ4n) is 2.28. The number of rotatable bonds is 3. The van der Waals surface area contributed by atoms with Crippen molar-refractivity contribution in [2.45, 2.75) is 25.3 Å². The zero-order chi connectivity index (χ0) is 13.4. The van der Waals surface area contributed by atoms with Crippen molar-refractivity contribution in [3.63, 3.8) is 0 Å². The second kappa shape index (κ2) is 4.56. The molecule has 0 saturated heterocycles. The summed E-state index contributed by atoms with van der Waals surface area (Å²) in [7, 11) is 0. The third kappa shape index (κ3) is 1.89. The molecule has 3 heterocycles. The molecule has 1 saturated carbocycles. The van der Waals surface area contributed by atoms with Gasteiger partial charge in [0.05, 0.1) is 0 Å². The number of anilines is 1. The fraction of sp³-hybridized carbons (Fsp3) is 0.286. The van der Waals surface area contributed by atoms with Crippen molar-refractivity contribution < 1.29 is 0 Å². The second-order valence-electron chi connectivity index (χ2n) is 5.00. The Hall–Kier alpha value is -2.50. The largest absolute Gasteiger partial charge is 0.366 e. The summed E-state index contributed by atoms with van der Waals surface area (Å²) in [5.41, 5.74) is 1.50. The first-order valence-electron chi connectivity index (χ1n) is 6.80. The molecule has 0 radical (unpaired) electrons. The van der Waals surface area contributed by atoms with E-state index in [0.717, 1.165) is 17.2 Å². The molecule has 0 aromatic carbocycles. The highest BCUT2D eigenvalue weighted by Gasteiger charge is 2.18. The van der Waals surface area contributed by atoms with E-state index in [1.54, 1.807) is 10.7 Å². The third-order valence-corrected chi connectivity index (χ3v) is 3.61. The van der Waals surface area contributed by atoms with E-state index in [1.165, 1.54) is 19.3 Å². The van der Waals surface area contributed by atoms with Gasteiger partial charge in [0.25, 0.3) is 0 Å². The maximum atomic E-state index is 4.57. The minimum absolute atomic E-state index is 0.551. The zero-order valence-electron chi connectivity index (χ0n) is 10.9. The molecule has 6 heteroatoms. The first-order valence-corrected chi connectivity index (χ1v) is 6.80. The predicted molar refractivity (Wildman–Crippen MR) is 75.3 cm³/mol. The molecule has 6 nitrogen and oxygen atoms in total. The summed E-state index contributed by atoms with van der Waals surface area (Å²) in [5, 5.41) is 16.3. The molecule has 1 aliphatic carbocycles. The van der Waals surface area contributed by atoms with Crippen molar-refractivity contribution in [3.8, 4) is 11.5 Å². The Morgan fingerprint density at radius 1 is 1.10 bits per heavy atom. The van der Waals surface area contributed by atoms with E-state index in [2.05, 4.69) is 25.6 Å². The predicted octanol–water partition coefficient (Wildman–Crippen LogP) is 2.15. The standard InChI is InChI=1S/C14H14N6/c1-2-9-15-11(6-1)14-18-17-13-8-7-12(19-20(13)14)16-10-4-3-5-10/h1-2,6-10H,3-5H2,(H,16,19). The van der Waals surface area contributed by atoms with Gasteiger partial charge < -0.3 is 5.32 Å². The van der Waals surface area contributed by atoms with Crippen molar-refractivity contribution in [1.82, 2.24) is 24.8 Å². The van der Waals surface area contributed by atoms with E-state index in [-0.39, 0.29) is 0 Å². The molecule has 0 amide bonds. The molecule has 3 aromatic rings. The Morgan fingerprint density at radius 3 is 2.80 bits per heavy atom. The fourth-order valence-corrected chi connectivity index (χ4v) is 2.28. The molecule has 0 spiro atoms. The summed E-state index contributed by atoms with van der Waals surface area (Å²) in [6, 6.07) is 10.1. The Morgan fingerprint density at radius 2 is 2.05 bits per heavy atom. The molecule has 4 rings (SSSR count). The van der Waals surface area contributed by atoms with Gasteiger partial charge in [-0.05, 0) is 43.5 Å². The van der Waals surface area contributed by atoms with E-state index in [1.807, 2.05) is 30.3 Å². The third-order valence-electron chi connectivity index (χ3n) is 3.61. The number of fused-ring (bicyclic) bond motifs is 1. The average molecular weight is 266 g/mol. The Balaban J connectivity index is 1.76.